The average molecular weight is 313 g/mol. The maximum atomic E-state index is 5.94. The van der Waals surface area contributed by atoms with Crippen LogP contribution in [-0.4, -0.2) is 47.4 Å². The smallest absolute Gasteiger partial charge is 0.257 e. The van der Waals surface area contributed by atoms with Gasteiger partial charge in [0, 0.05) is 24.6 Å². The molecule has 4 heterocycles. The van der Waals surface area contributed by atoms with Crippen LogP contribution in [0.1, 0.15) is 30.4 Å². The molecule has 0 aliphatic carbocycles. The van der Waals surface area contributed by atoms with Crippen LogP contribution in [0.25, 0.3) is 11.4 Å². The normalized spacial score (nSPS) is 26.8. The first-order valence-electron chi connectivity index (χ1n) is 8.32. The van der Waals surface area contributed by atoms with Gasteiger partial charge in [-0.3, -0.25) is 4.90 Å². The predicted molar refractivity (Wildman–Crippen MR) is 82.2 cm³/mol. The highest BCUT2D eigenvalue weighted by Crippen LogP contribution is 2.32. The van der Waals surface area contributed by atoms with Crippen LogP contribution in [-0.2, 0) is 11.2 Å². The number of hydrogen-bond acceptors (Lipinski definition) is 6. The van der Waals surface area contributed by atoms with Crippen LogP contribution >= 0.6 is 0 Å². The molecular weight excluding hydrogens is 294 g/mol. The van der Waals surface area contributed by atoms with Crippen molar-refractivity contribution < 1.29 is 14.0 Å². The second-order valence-electron chi connectivity index (χ2n) is 6.49. The van der Waals surface area contributed by atoms with E-state index in [1.807, 2.05) is 12.1 Å². The summed E-state index contributed by atoms with van der Waals surface area (Å²) in [5, 5.41) is 4.15. The Bertz CT molecular complexity index is 730. The van der Waals surface area contributed by atoms with Gasteiger partial charge in [-0.1, -0.05) is 5.16 Å². The summed E-state index contributed by atoms with van der Waals surface area (Å²) in [6, 6.07) is 6.64. The summed E-state index contributed by atoms with van der Waals surface area (Å²) in [4.78, 5) is 7.05. The molecular formula is C17H19N3O3. The van der Waals surface area contributed by atoms with E-state index in [1.54, 1.807) is 0 Å². The molecule has 23 heavy (non-hydrogen) atoms. The molecule has 120 valence electrons. The van der Waals surface area contributed by atoms with Gasteiger partial charge in [0.25, 0.3) is 5.89 Å². The Kier molecular flexibility index (Phi) is 3.12. The Morgan fingerprint density at radius 1 is 1.26 bits per heavy atom. The van der Waals surface area contributed by atoms with Crippen molar-refractivity contribution in [2.24, 2.45) is 0 Å². The Morgan fingerprint density at radius 2 is 2.26 bits per heavy atom. The van der Waals surface area contributed by atoms with Gasteiger partial charge in [0.2, 0.25) is 5.82 Å². The second kappa shape index (κ2) is 5.32. The molecule has 0 N–H and O–H groups in total. The van der Waals surface area contributed by atoms with E-state index >= 15 is 0 Å². The van der Waals surface area contributed by atoms with Crippen molar-refractivity contribution in [3.05, 3.63) is 29.7 Å². The van der Waals surface area contributed by atoms with Crippen molar-refractivity contribution in [2.75, 3.05) is 26.3 Å². The van der Waals surface area contributed by atoms with Crippen molar-refractivity contribution in [1.29, 1.82) is 0 Å². The Morgan fingerprint density at radius 3 is 3.26 bits per heavy atom. The number of nitrogens with zero attached hydrogens (tertiary/aromatic N) is 3. The highest BCUT2D eigenvalue weighted by atomic mass is 16.5. The average Bonchev–Trinajstić information content (AvgIpc) is 3.32. The fourth-order valence-electron chi connectivity index (χ4n) is 3.78. The van der Waals surface area contributed by atoms with Gasteiger partial charge in [-0.2, -0.15) is 4.98 Å². The maximum absolute atomic E-state index is 5.94. The van der Waals surface area contributed by atoms with Crippen LogP contribution in [0.2, 0.25) is 0 Å². The third kappa shape index (κ3) is 2.33. The lowest BCUT2D eigenvalue weighted by molar-refractivity contribution is -0.0633. The predicted octanol–water partition coefficient (Wildman–Crippen LogP) is 2.21. The van der Waals surface area contributed by atoms with Gasteiger partial charge in [-0.15, -0.1) is 0 Å². The van der Waals surface area contributed by atoms with Crippen LogP contribution in [0.4, 0.5) is 0 Å². The van der Waals surface area contributed by atoms with Gasteiger partial charge in [0.15, 0.2) is 0 Å². The van der Waals surface area contributed by atoms with Gasteiger partial charge >= 0.3 is 0 Å². The summed E-state index contributed by atoms with van der Waals surface area (Å²) in [7, 11) is 0. The zero-order valence-corrected chi connectivity index (χ0v) is 12.9. The van der Waals surface area contributed by atoms with Crippen LogP contribution < -0.4 is 4.74 Å². The summed E-state index contributed by atoms with van der Waals surface area (Å²) in [5.41, 5.74) is 2.18. The van der Waals surface area contributed by atoms with E-state index in [-0.39, 0.29) is 6.10 Å². The van der Waals surface area contributed by atoms with Crippen molar-refractivity contribution >= 4 is 0 Å². The van der Waals surface area contributed by atoms with Crippen LogP contribution in [0.15, 0.2) is 22.7 Å². The number of aromatic nitrogens is 2. The SMILES string of the molecule is c1cc2c(cc1-c1noc(C3CN4CCCC4CO3)n1)CCO2. The van der Waals surface area contributed by atoms with E-state index in [9.17, 15) is 0 Å². The molecule has 2 unspecified atom stereocenters. The minimum Gasteiger partial charge on any atom is -0.493 e. The molecule has 5 rings (SSSR count). The van der Waals surface area contributed by atoms with Crippen molar-refractivity contribution in [3.8, 4) is 17.1 Å². The molecule has 0 spiro atoms. The van der Waals surface area contributed by atoms with Crippen LogP contribution in [0, 0.1) is 0 Å². The topological polar surface area (TPSA) is 60.6 Å². The molecule has 1 aromatic carbocycles. The molecule has 1 aromatic heterocycles. The van der Waals surface area contributed by atoms with E-state index < -0.39 is 0 Å². The zero-order valence-electron chi connectivity index (χ0n) is 12.9. The summed E-state index contributed by atoms with van der Waals surface area (Å²) in [6.07, 6.45) is 3.32. The van der Waals surface area contributed by atoms with Gasteiger partial charge < -0.3 is 14.0 Å². The van der Waals surface area contributed by atoms with E-state index in [2.05, 4.69) is 21.1 Å². The number of hydrogen-bond donors (Lipinski definition) is 0. The second-order valence-corrected chi connectivity index (χ2v) is 6.49. The van der Waals surface area contributed by atoms with Gasteiger partial charge in [-0.25, -0.2) is 0 Å². The molecule has 0 saturated carbocycles. The monoisotopic (exact) mass is 313 g/mol. The Hall–Kier alpha value is -1.92. The molecule has 2 fully saturated rings. The lowest BCUT2D eigenvalue weighted by Crippen LogP contribution is -2.42. The largest absolute Gasteiger partial charge is 0.493 e. The Labute approximate surface area is 134 Å². The first-order valence-corrected chi connectivity index (χ1v) is 8.32. The number of fused-ring (bicyclic) bond motifs is 2. The lowest BCUT2D eigenvalue weighted by atomic mass is 10.1. The van der Waals surface area contributed by atoms with Crippen molar-refractivity contribution in [1.82, 2.24) is 15.0 Å². The van der Waals surface area contributed by atoms with Crippen LogP contribution in [0.3, 0.4) is 0 Å². The van der Waals surface area contributed by atoms with E-state index in [0.29, 0.717) is 17.8 Å². The third-order valence-electron chi connectivity index (χ3n) is 5.05. The molecule has 6 nitrogen and oxygen atoms in total. The first-order chi connectivity index (χ1) is 11.4. The quantitative estimate of drug-likeness (QED) is 0.847. The van der Waals surface area contributed by atoms with Gasteiger partial charge in [0.05, 0.1) is 13.2 Å². The van der Waals surface area contributed by atoms with Gasteiger partial charge in [0.1, 0.15) is 11.9 Å². The highest BCUT2D eigenvalue weighted by molar-refractivity contribution is 5.59. The highest BCUT2D eigenvalue weighted by Gasteiger charge is 2.35. The molecule has 0 amide bonds. The molecule has 3 aliphatic rings. The third-order valence-corrected chi connectivity index (χ3v) is 5.05. The lowest BCUT2D eigenvalue weighted by Gasteiger charge is -2.33. The van der Waals surface area contributed by atoms with Crippen LogP contribution in [0.5, 0.6) is 5.75 Å². The molecule has 3 aliphatic heterocycles. The minimum absolute atomic E-state index is 0.108. The summed E-state index contributed by atoms with van der Waals surface area (Å²) < 4.78 is 17.0. The molecule has 0 bridgehead atoms. The standard InChI is InChI=1S/C17H19N3O3/c1-2-13-10-22-15(9-20(13)6-1)17-18-16(19-23-17)12-3-4-14-11(8-12)5-7-21-14/h3-4,8,13,15H,1-2,5-7,9-10H2. The number of benzene rings is 1. The fraction of sp³-hybridized carbons (Fsp3) is 0.529. The van der Waals surface area contributed by atoms with Crippen molar-refractivity contribution in [3.63, 3.8) is 0 Å². The zero-order chi connectivity index (χ0) is 15.2. The summed E-state index contributed by atoms with van der Waals surface area (Å²) in [6.45, 7) is 3.52. The number of rotatable bonds is 2. The molecule has 2 saturated heterocycles. The minimum atomic E-state index is -0.108. The van der Waals surface area contributed by atoms with E-state index in [1.165, 1.54) is 18.4 Å². The van der Waals surface area contributed by atoms with Crippen molar-refractivity contribution in [2.45, 2.75) is 31.4 Å². The molecule has 0 radical (unpaired) electrons. The number of morpholine rings is 1. The molecule has 6 heteroatoms. The molecule has 2 aromatic rings. The van der Waals surface area contributed by atoms with E-state index in [0.717, 1.165) is 44.0 Å². The Balaban J connectivity index is 1.38. The number of ether oxygens (including phenoxy) is 2. The first kappa shape index (κ1) is 13.5. The van der Waals surface area contributed by atoms with Gasteiger partial charge in [-0.05, 0) is 43.1 Å². The summed E-state index contributed by atoms with van der Waals surface area (Å²) in [5.74, 6) is 2.18. The molecule has 2 atom stereocenters. The van der Waals surface area contributed by atoms with E-state index in [4.69, 9.17) is 14.0 Å². The fourth-order valence-corrected chi connectivity index (χ4v) is 3.78. The summed E-state index contributed by atoms with van der Waals surface area (Å²) >= 11 is 0. The maximum Gasteiger partial charge on any atom is 0.257 e.